The van der Waals surface area contributed by atoms with Crippen molar-refractivity contribution in [1.82, 2.24) is 10.2 Å². The minimum absolute atomic E-state index is 0.107. The van der Waals surface area contributed by atoms with E-state index in [2.05, 4.69) is 40.3 Å². The largest absolute Gasteiger partial charge is 0.355 e. The highest BCUT2D eigenvalue weighted by molar-refractivity contribution is 9.10. The lowest BCUT2D eigenvalue weighted by atomic mass is 10.0. The minimum atomic E-state index is 0.107. The summed E-state index contributed by atoms with van der Waals surface area (Å²) in [5, 5.41) is 2.90. The lowest BCUT2D eigenvalue weighted by Gasteiger charge is -2.25. The average molecular weight is 379 g/mol. The van der Waals surface area contributed by atoms with Crippen LogP contribution in [0.5, 0.6) is 0 Å². The number of halogens is 1. The lowest BCUT2D eigenvalue weighted by Crippen LogP contribution is -2.34. The van der Waals surface area contributed by atoms with Gasteiger partial charge in [-0.05, 0) is 42.9 Å². The van der Waals surface area contributed by atoms with Crippen molar-refractivity contribution in [2.75, 3.05) is 13.1 Å². The molecule has 1 aromatic carbocycles. The van der Waals surface area contributed by atoms with E-state index in [1.54, 1.807) is 0 Å². The number of carbonyl (C=O) groups is 2. The molecule has 23 heavy (non-hydrogen) atoms. The molecule has 1 heterocycles. The van der Waals surface area contributed by atoms with Gasteiger partial charge in [0.05, 0.1) is 6.04 Å². The number of likely N-dealkylation sites (tertiary alicyclic amines) is 1. The zero-order valence-corrected chi connectivity index (χ0v) is 15.0. The Kier molecular flexibility index (Phi) is 5.05. The van der Waals surface area contributed by atoms with Crippen molar-refractivity contribution in [2.45, 2.75) is 38.6 Å². The average Bonchev–Trinajstić information content (AvgIpc) is 3.07. The van der Waals surface area contributed by atoms with Gasteiger partial charge in [-0.25, -0.2) is 0 Å². The maximum Gasteiger partial charge on any atom is 0.224 e. The number of carbonyl (C=O) groups excluding carboxylic acids is 2. The Bertz CT molecular complexity index is 604. The maximum atomic E-state index is 12.5. The predicted octanol–water partition coefficient (Wildman–Crippen LogP) is 3.27. The van der Waals surface area contributed by atoms with Gasteiger partial charge in [-0.3, -0.25) is 9.59 Å². The molecule has 3 unspecified atom stereocenters. The van der Waals surface area contributed by atoms with Crippen LogP contribution in [0.2, 0.25) is 0 Å². The van der Waals surface area contributed by atoms with Crippen LogP contribution in [0, 0.1) is 11.8 Å². The summed E-state index contributed by atoms with van der Waals surface area (Å²) in [6.07, 6.45) is 3.41. The molecule has 1 aliphatic heterocycles. The van der Waals surface area contributed by atoms with Crippen molar-refractivity contribution >= 4 is 27.7 Å². The first kappa shape index (κ1) is 16.5. The van der Waals surface area contributed by atoms with E-state index < -0.39 is 0 Å². The fourth-order valence-electron chi connectivity index (χ4n) is 3.38. The second-order valence-corrected chi connectivity index (χ2v) is 7.58. The molecule has 2 aliphatic rings. The molecule has 5 heteroatoms. The second-order valence-electron chi connectivity index (χ2n) is 6.66. The summed E-state index contributed by atoms with van der Waals surface area (Å²) in [7, 11) is 0. The van der Waals surface area contributed by atoms with Gasteiger partial charge in [0.1, 0.15) is 0 Å². The van der Waals surface area contributed by atoms with Crippen LogP contribution in [-0.2, 0) is 9.59 Å². The molecule has 124 valence electrons. The van der Waals surface area contributed by atoms with E-state index in [4.69, 9.17) is 0 Å². The summed E-state index contributed by atoms with van der Waals surface area (Å²) in [6.45, 7) is 3.34. The summed E-state index contributed by atoms with van der Waals surface area (Å²) >= 11 is 3.50. The van der Waals surface area contributed by atoms with Crippen molar-refractivity contribution in [2.24, 2.45) is 11.8 Å². The lowest BCUT2D eigenvalue weighted by molar-refractivity contribution is -0.132. The third-order valence-electron chi connectivity index (χ3n) is 4.89. The third-order valence-corrected chi connectivity index (χ3v) is 5.38. The van der Waals surface area contributed by atoms with Gasteiger partial charge >= 0.3 is 0 Å². The van der Waals surface area contributed by atoms with E-state index >= 15 is 0 Å². The van der Waals surface area contributed by atoms with Crippen LogP contribution >= 0.6 is 15.9 Å². The van der Waals surface area contributed by atoms with E-state index in [0.29, 0.717) is 18.9 Å². The topological polar surface area (TPSA) is 49.4 Å². The highest BCUT2D eigenvalue weighted by Gasteiger charge is 2.39. The summed E-state index contributed by atoms with van der Waals surface area (Å²) in [4.78, 5) is 26.3. The normalized spacial score (nSPS) is 26.2. The van der Waals surface area contributed by atoms with Gasteiger partial charge in [-0.1, -0.05) is 35.0 Å². The number of amides is 2. The molecular weight excluding hydrogens is 356 g/mol. The summed E-state index contributed by atoms with van der Waals surface area (Å²) < 4.78 is 1.04. The van der Waals surface area contributed by atoms with Crippen LogP contribution in [0.3, 0.4) is 0 Å². The molecule has 1 N–H and O–H groups in total. The smallest absolute Gasteiger partial charge is 0.224 e. The number of hydrogen-bond acceptors (Lipinski definition) is 2. The van der Waals surface area contributed by atoms with Gasteiger partial charge in [0.25, 0.3) is 0 Å². The van der Waals surface area contributed by atoms with Crippen LogP contribution in [0.15, 0.2) is 28.7 Å². The van der Waals surface area contributed by atoms with Gasteiger partial charge in [0.15, 0.2) is 0 Å². The van der Waals surface area contributed by atoms with Crippen LogP contribution in [0.1, 0.15) is 44.2 Å². The first-order valence-corrected chi connectivity index (χ1v) is 9.18. The molecule has 0 aromatic heterocycles. The molecule has 0 radical (unpaired) electrons. The molecule has 1 aliphatic carbocycles. The molecule has 0 spiro atoms. The van der Waals surface area contributed by atoms with Crippen molar-refractivity contribution < 1.29 is 9.59 Å². The fraction of sp³-hybridized carbons (Fsp3) is 0.556. The summed E-state index contributed by atoms with van der Waals surface area (Å²) in [5.74, 6) is 0.920. The second kappa shape index (κ2) is 7.04. The standard InChI is InChI=1S/C18H23BrN2O2/c1-12-10-15(12)18(23)20-8-7-17(22)21-9-3-6-16(21)13-4-2-5-14(19)11-13/h2,4-5,11-12,15-16H,3,6-10H2,1H3,(H,20,23). The third kappa shape index (κ3) is 3.94. The zero-order valence-electron chi connectivity index (χ0n) is 13.4. The molecule has 3 atom stereocenters. The zero-order chi connectivity index (χ0) is 16.4. The number of rotatable bonds is 5. The summed E-state index contributed by atoms with van der Waals surface area (Å²) in [5.41, 5.74) is 1.18. The molecule has 1 saturated carbocycles. The van der Waals surface area contributed by atoms with Crippen molar-refractivity contribution in [3.63, 3.8) is 0 Å². The Morgan fingerprint density at radius 3 is 2.87 bits per heavy atom. The van der Waals surface area contributed by atoms with E-state index in [1.807, 2.05) is 17.0 Å². The first-order valence-electron chi connectivity index (χ1n) is 8.39. The van der Waals surface area contributed by atoms with Crippen LogP contribution in [0.4, 0.5) is 0 Å². The van der Waals surface area contributed by atoms with Gasteiger partial charge in [0.2, 0.25) is 11.8 Å². The van der Waals surface area contributed by atoms with Crippen LogP contribution in [0.25, 0.3) is 0 Å². The Hall–Kier alpha value is -1.36. The molecule has 3 rings (SSSR count). The van der Waals surface area contributed by atoms with Crippen molar-refractivity contribution in [3.8, 4) is 0 Å². The Labute approximate surface area is 145 Å². The molecule has 2 fully saturated rings. The highest BCUT2D eigenvalue weighted by atomic mass is 79.9. The molecular formula is C18H23BrN2O2. The predicted molar refractivity (Wildman–Crippen MR) is 92.7 cm³/mol. The molecule has 1 aromatic rings. The quantitative estimate of drug-likeness (QED) is 0.854. The number of hydrogen-bond donors (Lipinski definition) is 1. The first-order chi connectivity index (χ1) is 11.1. The molecule has 2 amide bonds. The summed E-state index contributed by atoms with van der Waals surface area (Å²) in [6, 6.07) is 8.35. The fourth-order valence-corrected chi connectivity index (χ4v) is 3.80. The van der Waals surface area contributed by atoms with Gasteiger partial charge in [-0.15, -0.1) is 0 Å². The van der Waals surface area contributed by atoms with E-state index in [-0.39, 0.29) is 23.8 Å². The number of benzene rings is 1. The molecule has 1 saturated heterocycles. The Morgan fingerprint density at radius 2 is 2.17 bits per heavy atom. The van der Waals surface area contributed by atoms with E-state index in [1.165, 1.54) is 5.56 Å². The minimum Gasteiger partial charge on any atom is -0.355 e. The highest BCUT2D eigenvalue weighted by Crippen LogP contribution is 2.37. The number of nitrogens with one attached hydrogen (secondary N) is 1. The maximum absolute atomic E-state index is 12.5. The monoisotopic (exact) mass is 378 g/mol. The van der Waals surface area contributed by atoms with Gasteiger partial charge in [0, 0.05) is 29.9 Å². The van der Waals surface area contributed by atoms with Crippen LogP contribution in [-0.4, -0.2) is 29.8 Å². The number of nitrogens with zero attached hydrogens (tertiary/aromatic N) is 1. The van der Waals surface area contributed by atoms with Crippen molar-refractivity contribution in [3.05, 3.63) is 34.3 Å². The Balaban J connectivity index is 1.52. The SMILES string of the molecule is CC1CC1C(=O)NCCC(=O)N1CCCC1c1cccc(Br)c1. The van der Waals surface area contributed by atoms with E-state index in [0.717, 1.165) is 30.3 Å². The Morgan fingerprint density at radius 1 is 1.39 bits per heavy atom. The molecule has 0 bridgehead atoms. The van der Waals surface area contributed by atoms with Crippen molar-refractivity contribution in [1.29, 1.82) is 0 Å². The van der Waals surface area contributed by atoms with Gasteiger partial charge < -0.3 is 10.2 Å². The van der Waals surface area contributed by atoms with Gasteiger partial charge in [-0.2, -0.15) is 0 Å². The van der Waals surface area contributed by atoms with E-state index in [9.17, 15) is 9.59 Å². The van der Waals surface area contributed by atoms with Crippen LogP contribution < -0.4 is 5.32 Å². The molecule has 4 nitrogen and oxygen atoms in total.